The molecule has 0 radical (unpaired) electrons. The Morgan fingerprint density at radius 3 is 2.60 bits per heavy atom. The number of hydrogen-bond donors (Lipinski definition) is 2. The van der Waals surface area contributed by atoms with Crippen LogP contribution in [0.5, 0.6) is 0 Å². The second kappa shape index (κ2) is 6.02. The number of thiocarbonyl (C=S) groups is 1. The van der Waals surface area contributed by atoms with E-state index in [9.17, 15) is 4.79 Å². The molecule has 4 nitrogen and oxygen atoms in total. The molecule has 1 heterocycles. The van der Waals surface area contributed by atoms with Gasteiger partial charge in [-0.15, -0.1) is 11.3 Å². The third kappa shape index (κ3) is 3.15. The molecule has 0 unspecified atom stereocenters. The van der Waals surface area contributed by atoms with Crippen LogP contribution in [0.1, 0.15) is 20.8 Å². The Bertz CT molecular complexity index is 651. The monoisotopic (exact) mass is 305 g/mol. The van der Waals surface area contributed by atoms with Gasteiger partial charge < -0.3 is 5.73 Å². The lowest BCUT2D eigenvalue weighted by molar-refractivity contribution is 0.0955. The fraction of sp³-hybridized carbons (Fsp3) is 0.143. The third-order valence-electron chi connectivity index (χ3n) is 2.78. The van der Waals surface area contributed by atoms with E-state index in [1.807, 2.05) is 44.2 Å². The van der Waals surface area contributed by atoms with Crippen LogP contribution in [0.3, 0.4) is 0 Å². The van der Waals surface area contributed by atoms with Gasteiger partial charge in [0.2, 0.25) is 0 Å². The van der Waals surface area contributed by atoms with Gasteiger partial charge in [0.1, 0.15) is 0 Å². The van der Waals surface area contributed by atoms with Crippen LogP contribution in [0, 0.1) is 13.8 Å². The number of nitrogens with two attached hydrogens (primary N) is 1. The molecule has 0 aliphatic heterocycles. The number of hydrazine groups is 1. The van der Waals surface area contributed by atoms with Crippen LogP contribution in [0.2, 0.25) is 0 Å². The molecule has 0 fully saturated rings. The van der Waals surface area contributed by atoms with Crippen LogP contribution < -0.4 is 16.2 Å². The first-order chi connectivity index (χ1) is 9.49. The van der Waals surface area contributed by atoms with Crippen LogP contribution in [0.4, 0.5) is 5.69 Å². The molecular formula is C14H15N3OS2. The fourth-order valence-corrected chi connectivity index (χ4v) is 2.60. The topological polar surface area (TPSA) is 58.4 Å². The molecule has 1 aromatic heterocycles. The van der Waals surface area contributed by atoms with Crippen LogP contribution >= 0.6 is 23.6 Å². The fourth-order valence-electron chi connectivity index (χ4n) is 1.78. The lowest BCUT2D eigenvalue weighted by Crippen LogP contribution is -2.49. The number of thiophene rings is 1. The summed E-state index contributed by atoms with van der Waals surface area (Å²) in [6.07, 6.45) is 0. The first-order valence-electron chi connectivity index (χ1n) is 6.00. The Balaban J connectivity index is 2.25. The van der Waals surface area contributed by atoms with Gasteiger partial charge in [-0.1, -0.05) is 18.2 Å². The first kappa shape index (κ1) is 14.5. The van der Waals surface area contributed by atoms with Gasteiger partial charge in [-0.05, 0) is 43.8 Å². The largest absolute Gasteiger partial charge is 0.374 e. The quantitative estimate of drug-likeness (QED) is 0.661. The van der Waals surface area contributed by atoms with Crippen molar-refractivity contribution in [3.8, 4) is 0 Å². The van der Waals surface area contributed by atoms with Crippen molar-refractivity contribution in [2.45, 2.75) is 13.8 Å². The van der Waals surface area contributed by atoms with E-state index < -0.39 is 0 Å². The lowest BCUT2D eigenvalue weighted by Gasteiger charge is -2.24. The summed E-state index contributed by atoms with van der Waals surface area (Å²) in [4.78, 5) is 13.3. The summed E-state index contributed by atoms with van der Waals surface area (Å²) in [6, 6.07) is 9.40. The van der Waals surface area contributed by atoms with E-state index >= 15 is 0 Å². The van der Waals surface area contributed by atoms with Crippen molar-refractivity contribution in [3.05, 3.63) is 51.7 Å². The average Bonchev–Trinajstić information content (AvgIpc) is 2.83. The molecule has 2 aromatic rings. The molecule has 2 rings (SSSR count). The van der Waals surface area contributed by atoms with Gasteiger partial charge in [0.25, 0.3) is 5.91 Å². The van der Waals surface area contributed by atoms with Crippen LogP contribution in [-0.2, 0) is 0 Å². The van der Waals surface area contributed by atoms with Crippen LogP contribution in [0.15, 0.2) is 35.7 Å². The number of rotatable bonds is 2. The third-order valence-corrected chi connectivity index (χ3v) is 3.83. The Morgan fingerprint density at radius 1 is 1.35 bits per heavy atom. The van der Waals surface area contributed by atoms with Crippen molar-refractivity contribution in [1.29, 1.82) is 0 Å². The SMILES string of the molecule is Cc1cc(C(=O)NN(C(N)=S)c2ccccc2C)cs1. The predicted octanol–water partition coefficient (Wildman–Crippen LogP) is 2.76. The highest BCUT2D eigenvalue weighted by Gasteiger charge is 2.16. The number of amides is 1. The minimum absolute atomic E-state index is 0.0969. The van der Waals surface area contributed by atoms with Crippen molar-refractivity contribution in [2.24, 2.45) is 5.73 Å². The van der Waals surface area contributed by atoms with Crippen LogP contribution in [0.25, 0.3) is 0 Å². The predicted molar refractivity (Wildman–Crippen MR) is 87.0 cm³/mol. The molecule has 0 aliphatic carbocycles. The number of para-hydroxylation sites is 1. The summed E-state index contributed by atoms with van der Waals surface area (Å²) in [5.41, 5.74) is 10.8. The summed E-state index contributed by atoms with van der Waals surface area (Å²) in [5.74, 6) is -0.231. The van der Waals surface area contributed by atoms with Crippen molar-refractivity contribution in [3.63, 3.8) is 0 Å². The Labute approximate surface area is 127 Å². The molecule has 0 atom stereocenters. The summed E-state index contributed by atoms with van der Waals surface area (Å²) >= 11 is 6.55. The van der Waals surface area contributed by atoms with Gasteiger partial charge in [0.15, 0.2) is 5.11 Å². The summed E-state index contributed by atoms with van der Waals surface area (Å²) in [6.45, 7) is 3.88. The molecular weight excluding hydrogens is 290 g/mol. The van der Waals surface area contributed by atoms with Gasteiger partial charge in [-0.25, -0.2) is 5.01 Å². The molecule has 1 aromatic carbocycles. The number of nitrogens with zero attached hydrogens (tertiary/aromatic N) is 1. The smallest absolute Gasteiger partial charge is 0.271 e. The van der Waals surface area contributed by atoms with E-state index in [1.165, 1.54) is 16.3 Å². The summed E-state index contributed by atoms with van der Waals surface area (Å²) in [5, 5.41) is 3.33. The van der Waals surface area contributed by atoms with Crippen molar-refractivity contribution < 1.29 is 4.79 Å². The van der Waals surface area contributed by atoms with Crippen molar-refractivity contribution >= 4 is 40.3 Å². The highest BCUT2D eigenvalue weighted by atomic mass is 32.1. The molecule has 0 saturated carbocycles. The number of anilines is 1. The molecule has 104 valence electrons. The zero-order chi connectivity index (χ0) is 14.7. The number of hydrogen-bond acceptors (Lipinski definition) is 3. The molecule has 20 heavy (non-hydrogen) atoms. The minimum atomic E-state index is -0.231. The van der Waals surface area contributed by atoms with Gasteiger partial charge in [0, 0.05) is 10.3 Å². The molecule has 0 bridgehead atoms. The van der Waals surface area contributed by atoms with E-state index in [0.29, 0.717) is 5.56 Å². The number of carbonyl (C=O) groups is 1. The average molecular weight is 305 g/mol. The minimum Gasteiger partial charge on any atom is -0.374 e. The van der Waals surface area contributed by atoms with Gasteiger partial charge in [-0.2, -0.15) is 0 Å². The number of benzene rings is 1. The highest BCUT2D eigenvalue weighted by Crippen LogP contribution is 2.18. The van der Waals surface area contributed by atoms with Gasteiger partial charge >= 0.3 is 0 Å². The van der Waals surface area contributed by atoms with E-state index in [2.05, 4.69) is 5.43 Å². The van der Waals surface area contributed by atoms with E-state index in [0.717, 1.165) is 16.1 Å². The maximum Gasteiger partial charge on any atom is 0.271 e. The van der Waals surface area contributed by atoms with Crippen molar-refractivity contribution in [2.75, 3.05) is 5.01 Å². The lowest BCUT2D eigenvalue weighted by atomic mass is 10.2. The molecule has 6 heteroatoms. The van der Waals surface area contributed by atoms with E-state index in [1.54, 1.807) is 5.38 Å². The second-order valence-corrected chi connectivity index (χ2v) is 5.88. The number of nitrogens with one attached hydrogen (secondary N) is 1. The number of aryl methyl sites for hydroxylation is 2. The summed E-state index contributed by atoms with van der Waals surface area (Å²) < 4.78 is 0. The Morgan fingerprint density at radius 2 is 2.05 bits per heavy atom. The molecule has 0 spiro atoms. The zero-order valence-electron chi connectivity index (χ0n) is 11.2. The molecule has 0 saturated heterocycles. The maximum atomic E-state index is 12.2. The van der Waals surface area contributed by atoms with Crippen LogP contribution in [-0.4, -0.2) is 11.0 Å². The number of carbonyl (C=O) groups excluding carboxylic acids is 1. The molecule has 1 amide bonds. The first-order valence-corrected chi connectivity index (χ1v) is 7.29. The molecule has 0 aliphatic rings. The van der Waals surface area contributed by atoms with E-state index in [4.69, 9.17) is 18.0 Å². The Kier molecular flexibility index (Phi) is 4.36. The molecule has 3 N–H and O–H groups in total. The van der Waals surface area contributed by atoms with Gasteiger partial charge in [-0.3, -0.25) is 10.2 Å². The standard InChI is InChI=1S/C14H15N3OS2/c1-9-5-3-4-6-12(9)17(14(15)19)16-13(18)11-7-10(2)20-8-11/h3-8H,1-2H3,(H2,15,19)(H,16,18). The highest BCUT2D eigenvalue weighted by molar-refractivity contribution is 7.80. The second-order valence-electron chi connectivity index (χ2n) is 4.35. The zero-order valence-corrected chi connectivity index (χ0v) is 12.8. The Hall–Kier alpha value is -1.92. The van der Waals surface area contributed by atoms with E-state index in [-0.39, 0.29) is 11.0 Å². The normalized spacial score (nSPS) is 10.1. The van der Waals surface area contributed by atoms with Gasteiger partial charge in [0.05, 0.1) is 11.3 Å². The maximum absolute atomic E-state index is 12.2. The summed E-state index contributed by atoms with van der Waals surface area (Å²) in [7, 11) is 0. The van der Waals surface area contributed by atoms with Crippen molar-refractivity contribution in [1.82, 2.24) is 5.43 Å².